The second kappa shape index (κ2) is 5.68. The first-order chi connectivity index (χ1) is 9.45. The van der Waals surface area contributed by atoms with Crippen molar-refractivity contribution >= 4 is 11.9 Å². The zero-order chi connectivity index (χ0) is 14.7. The number of rotatable bonds is 4. The van der Waals surface area contributed by atoms with E-state index < -0.39 is 0 Å². The Hall–Kier alpha value is -2.44. The molecule has 0 fully saturated rings. The van der Waals surface area contributed by atoms with Gasteiger partial charge in [0.05, 0.1) is 12.2 Å². The molecule has 7 heteroatoms. The number of hydrogen-bond acceptors (Lipinski definition) is 6. The van der Waals surface area contributed by atoms with Crippen molar-refractivity contribution in [2.75, 3.05) is 19.0 Å². The number of carbonyl (C=O) groups is 1. The number of amides is 1. The van der Waals surface area contributed by atoms with Crippen molar-refractivity contribution in [1.82, 2.24) is 20.4 Å². The van der Waals surface area contributed by atoms with Gasteiger partial charge in [0, 0.05) is 25.9 Å². The van der Waals surface area contributed by atoms with E-state index in [2.05, 4.69) is 20.4 Å². The molecule has 2 rings (SSSR count). The van der Waals surface area contributed by atoms with E-state index in [0.717, 1.165) is 11.4 Å². The first-order valence-corrected chi connectivity index (χ1v) is 6.19. The summed E-state index contributed by atoms with van der Waals surface area (Å²) in [5.74, 6) is 0.930. The van der Waals surface area contributed by atoms with Crippen molar-refractivity contribution in [2.24, 2.45) is 0 Å². The number of aryl methyl sites for hydroxylation is 2. The predicted octanol–water partition coefficient (Wildman–Crippen LogP) is 1.08. The molecular weight excluding hydrogens is 258 g/mol. The maximum atomic E-state index is 11.8. The summed E-state index contributed by atoms with van der Waals surface area (Å²) in [6, 6.07) is 3.42. The van der Waals surface area contributed by atoms with Gasteiger partial charge in [0.1, 0.15) is 5.76 Å². The molecule has 0 aliphatic heterocycles. The van der Waals surface area contributed by atoms with E-state index in [-0.39, 0.29) is 11.6 Å². The summed E-state index contributed by atoms with van der Waals surface area (Å²) in [7, 11) is 3.74. The fourth-order valence-electron chi connectivity index (χ4n) is 1.64. The molecule has 20 heavy (non-hydrogen) atoms. The minimum Gasteiger partial charge on any atom is -0.361 e. The molecule has 0 atom stereocenters. The third-order valence-corrected chi connectivity index (χ3v) is 2.59. The molecule has 0 unspecified atom stereocenters. The molecule has 0 saturated heterocycles. The Morgan fingerprint density at radius 3 is 2.65 bits per heavy atom. The highest BCUT2D eigenvalue weighted by molar-refractivity contribution is 5.92. The molecule has 2 heterocycles. The first kappa shape index (κ1) is 14.0. The number of hydrogen-bond donors (Lipinski definition) is 1. The minimum atomic E-state index is -0.287. The standard InChI is InChI=1S/C13H17N5O2/c1-8-5-10(16-13(15-8)18(3)4)7-14-12(19)11-6-9(2)20-17-11/h5-6H,7H2,1-4H3,(H,14,19). The molecule has 1 N–H and O–H groups in total. The highest BCUT2D eigenvalue weighted by Gasteiger charge is 2.11. The lowest BCUT2D eigenvalue weighted by atomic mass is 10.3. The third kappa shape index (κ3) is 3.31. The van der Waals surface area contributed by atoms with Gasteiger partial charge >= 0.3 is 0 Å². The Morgan fingerprint density at radius 1 is 1.30 bits per heavy atom. The zero-order valence-corrected chi connectivity index (χ0v) is 12.0. The number of carbonyl (C=O) groups excluding carboxylic acids is 1. The lowest BCUT2D eigenvalue weighted by Crippen LogP contribution is -2.24. The van der Waals surface area contributed by atoms with Crippen LogP contribution in [-0.2, 0) is 6.54 Å². The lowest BCUT2D eigenvalue weighted by Gasteiger charge is -2.12. The normalized spacial score (nSPS) is 10.4. The van der Waals surface area contributed by atoms with E-state index in [1.54, 1.807) is 13.0 Å². The summed E-state index contributed by atoms with van der Waals surface area (Å²) in [6.07, 6.45) is 0. The van der Waals surface area contributed by atoms with Gasteiger partial charge in [-0.05, 0) is 19.9 Å². The average molecular weight is 275 g/mol. The van der Waals surface area contributed by atoms with Crippen molar-refractivity contribution < 1.29 is 9.32 Å². The Bertz CT molecular complexity index is 621. The second-order valence-electron chi connectivity index (χ2n) is 4.70. The van der Waals surface area contributed by atoms with Crippen LogP contribution < -0.4 is 10.2 Å². The van der Waals surface area contributed by atoms with Crippen LogP contribution in [0, 0.1) is 13.8 Å². The fraction of sp³-hybridized carbons (Fsp3) is 0.385. The van der Waals surface area contributed by atoms with Gasteiger partial charge in [0.25, 0.3) is 5.91 Å². The van der Waals surface area contributed by atoms with E-state index >= 15 is 0 Å². The van der Waals surface area contributed by atoms with Crippen LogP contribution in [0.2, 0.25) is 0 Å². The van der Waals surface area contributed by atoms with Gasteiger partial charge in [0.2, 0.25) is 5.95 Å². The Labute approximate surface area is 117 Å². The molecule has 2 aromatic heterocycles. The van der Waals surface area contributed by atoms with E-state index in [1.165, 1.54) is 0 Å². The zero-order valence-electron chi connectivity index (χ0n) is 12.0. The molecule has 0 aliphatic carbocycles. The second-order valence-corrected chi connectivity index (χ2v) is 4.70. The van der Waals surface area contributed by atoms with E-state index in [0.29, 0.717) is 18.3 Å². The van der Waals surface area contributed by atoms with Gasteiger partial charge in [0.15, 0.2) is 5.69 Å². The summed E-state index contributed by atoms with van der Waals surface area (Å²) < 4.78 is 4.86. The predicted molar refractivity (Wildman–Crippen MR) is 73.5 cm³/mol. The minimum absolute atomic E-state index is 0.265. The van der Waals surface area contributed by atoms with E-state index in [9.17, 15) is 4.79 Å². The highest BCUT2D eigenvalue weighted by Crippen LogP contribution is 2.08. The SMILES string of the molecule is Cc1cc(CNC(=O)c2cc(C)on2)nc(N(C)C)n1. The summed E-state index contributed by atoms with van der Waals surface area (Å²) >= 11 is 0. The summed E-state index contributed by atoms with van der Waals surface area (Å²) in [5, 5.41) is 6.41. The Morgan fingerprint density at radius 2 is 2.05 bits per heavy atom. The third-order valence-electron chi connectivity index (χ3n) is 2.59. The Balaban J connectivity index is 2.05. The van der Waals surface area contributed by atoms with Gasteiger partial charge in [-0.2, -0.15) is 0 Å². The van der Waals surface area contributed by atoms with Crippen LogP contribution in [0.15, 0.2) is 16.7 Å². The van der Waals surface area contributed by atoms with Crippen molar-refractivity contribution in [3.63, 3.8) is 0 Å². The molecule has 0 aromatic carbocycles. The molecule has 0 radical (unpaired) electrons. The van der Waals surface area contributed by atoms with E-state index in [1.807, 2.05) is 32.0 Å². The van der Waals surface area contributed by atoms with Gasteiger partial charge in [-0.15, -0.1) is 0 Å². The Kier molecular flexibility index (Phi) is 3.97. The maximum absolute atomic E-state index is 11.8. The monoisotopic (exact) mass is 275 g/mol. The van der Waals surface area contributed by atoms with Crippen molar-refractivity contribution in [2.45, 2.75) is 20.4 Å². The van der Waals surface area contributed by atoms with Gasteiger partial charge in [-0.3, -0.25) is 4.79 Å². The van der Waals surface area contributed by atoms with Crippen molar-refractivity contribution in [3.8, 4) is 0 Å². The van der Waals surface area contributed by atoms with Crippen LogP contribution in [0.3, 0.4) is 0 Å². The van der Waals surface area contributed by atoms with E-state index in [4.69, 9.17) is 4.52 Å². The molecule has 0 bridgehead atoms. The summed E-state index contributed by atoms with van der Waals surface area (Å²) in [4.78, 5) is 22.3. The van der Waals surface area contributed by atoms with Crippen molar-refractivity contribution in [1.29, 1.82) is 0 Å². The number of nitrogens with one attached hydrogen (secondary N) is 1. The van der Waals surface area contributed by atoms with Crippen LogP contribution in [0.1, 0.15) is 27.6 Å². The quantitative estimate of drug-likeness (QED) is 0.898. The molecule has 1 amide bonds. The van der Waals surface area contributed by atoms with Gasteiger partial charge in [-0.1, -0.05) is 5.16 Å². The van der Waals surface area contributed by atoms with Crippen LogP contribution in [0.4, 0.5) is 5.95 Å². The van der Waals surface area contributed by atoms with Crippen LogP contribution in [0.5, 0.6) is 0 Å². The molecule has 0 aliphatic rings. The molecule has 106 valence electrons. The molecular formula is C13H17N5O2. The molecule has 7 nitrogen and oxygen atoms in total. The summed E-state index contributed by atoms with van der Waals surface area (Å²) in [5.41, 5.74) is 1.86. The molecule has 2 aromatic rings. The first-order valence-electron chi connectivity index (χ1n) is 6.19. The number of aromatic nitrogens is 3. The number of anilines is 1. The molecule has 0 saturated carbocycles. The van der Waals surface area contributed by atoms with Crippen LogP contribution in [0.25, 0.3) is 0 Å². The topological polar surface area (TPSA) is 84.2 Å². The van der Waals surface area contributed by atoms with Gasteiger partial charge in [-0.25, -0.2) is 9.97 Å². The lowest BCUT2D eigenvalue weighted by molar-refractivity contribution is 0.0941. The maximum Gasteiger partial charge on any atom is 0.273 e. The average Bonchev–Trinajstić information content (AvgIpc) is 2.82. The van der Waals surface area contributed by atoms with Crippen molar-refractivity contribution in [3.05, 3.63) is 35.0 Å². The summed E-state index contributed by atoms with van der Waals surface area (Å²) in [6.45, 7) is 3.94. The largest absolute Gasteiger partial charge is 0.361 e. The fourth-order valence-corrected chi connectivity index (χ4v) is 1.64. The number of nitrogens with zero attached hydrogens (tertiary/aromatic N) is 4. The van der Waals surface area contributed by atoms with Crippen LogP contribution >= 0.6 is 0 Å². The highest BCUT2D eigenvalue weighted by atomic mass is 16.5. The molecule has 0 spiro atoms. The van der Waals surface area contributed by atoms with Crippen LogP contribution in [-0.4, -0.2) is 35.1 Å². The smallest absolute Gasteiger partial charge is 0.273 e. The van der Waals surface area contributed by atoms with Gasteiger partial charge < -0.3 is 14.7 Å².